The highest BCUT2D eigenvalue weighted by Gasteiger charge is 2.40. The molecule has 2 saturated heterocycles. The van der Waals surface area contributed by atoms with E-state index in [0.29, 0.717) is 24.7 Å². The fourth-order valence-electron chi connectivity index (χ4n) is 4.81. The Kier molecular flexibility index (Phi) is 6.22. The van der Waals surface area contributed by atoms with Crippen LogP contribution in [0, 0.1) is 5.92 Å². The van der Waals surface area contributed by atoms with Crippen molar-refractivity contribution in [3.63, 3.8) is 0 Å². The van der Waals surface area contributed by atoms with Crippen molar-refractivity contribution in [2.24, 2.45) is 5.92 Å². The lowest BCUT2D eigenvalue weighted by Gasteiger charge is -2.37. The quantitative estimate of drug-likeness (QED) is 0.769. The zero-order valence-electron chi connectivity index (χ0n) is 16.3. The lowest BCUT2D eigenvalue weighted by molar-refractivity contribution is -0.150. The molecule has 1 saturated carbocycles. The molecular formula is C22H29ClN2O3. The van der Waals surface area contributed by atoms with E-state index in [2.05, 4.69) is 0 Å². The molecule has 152 valence electrons. The molecule has 6 heteroatoms. The van der Waals surface area contributed by atoms with Gasteiger partial charge in [-0.2, -0.15) is 0 Å². The van der Waals surface area contributed by atoms with Crippen molar-refractivity contribution in [3.05, 3.63) is 34.9 Å². The van der Waals surface area contributed by atoms with Gasteiger partial charge in [0, 0.05) is 24.0 Å². The summed E-state index contributed by atoms with van der Waals surface area (Å²) in [5.41, 5.74) is 1.03. The Bertz CT molecular complexity index is 702. The number of likely N-dealkylation sites (tertiary alicyclic amines) is 1. The number of nitrogens with zero attached hydrogens (tertiary/aromatic N) is 2. The van der Waals surface area contributed by atoms with E-state index in [1.165, 1.54) is 6.42 Å². The minimum absolute atomic E-state index is 0.0870. The maximum absolute atomic E-state index is 13.3. The SMILES string of the molecule is O=C(C1CCCN1C(=O)C1CCCCC1)N1CCOC(c2ccc(Cl)cc2)C1. The van der Waals surface area contributed by atoms with Gasteiger partial charge in [0.1, 0.15) is 12.1 Å². The number of rotatable bonds is 3. The Morgan fingerprint density at radius 1 is 0.929 bits per heavy atom. The molecule has 0 radical (unpaired) electrons. The molecule has 0 spiro atoms. The highest BCUT2D eigenvalue weighted by molar-refractivity contribution is 6.30. The number of carbonyl (C=O) groups is 2. The molecule has 1 aliphatic carbocycles. The Labute approximate surface area is 172 Å². The molecule has 3 fully saturated rings. The monoisotopic (exact) mass is 404 g/mol. The standard InChI is InChI=1S/C22H29ClN2O3/c23-18-10-8-16(9-11-18)20-15-24(13-14-28-20)22(27)19-7-4-12-25(19)21(26)17-5-2-1-3-6-17/h8-11,17,19-20H,1-7,12-15H2. The first kappa shape index (κ1) is 19.7. The van der Waals surface area contributed by atoms with Crippen LogP contribution in [0.2, 0.25) is 5.02 Å². The Balaban J connectivity index is 1.42. The van der Waals surface area contributed by atoms with E-state index in [9.17, 15) is 9.59 Å². The average Bonchev–Trinajstić information content (AvgIpc) is 3.24. The van der Waals surface area contributed by atoms with E-state index < -0.39 is 0 Å². The third kappa shape index (κ3) is 4.20. The Morgan fingerprint density at radius 2 is 1.68 bits per heavy atom. The molecule has 2 amide bonds. The van der Waals surface area contributed by atoms with Crippen molar-refractivity contribution < 1.29 is 14.3 Å². The molecule has 0 bridgehead atoms. The van der Waals surface area contributed by atoms with Gasteiger partial charge in [0.25, 0.3) is 0 Å². The summed E-state index contributed by atoms with van der Waals surface area (Å²) < 4.78 is 5.90. The Hall–Kier alpha value is -1.59. The van der Waals surface area contributed by atoms with Crippen LogP contribution in [0.25, 0.3) is 0 Å². The molecule has 3 aliphatic rings. The van der Waals surface area contributed by atoms with Crippen molar-refractivity contribution in [2.75, 3.05) is 26.2 Å². The van der Waals surface area contributed by atoms with Gasteiger partial charge >= 0.3 is 0 Å². The van der Waals surface area contributed by atoms with Crippen LogP contribution >= 0.6 is 11.6 Å². The van der Waals surface area contributed by atoms with Crippen molar-refractivity contribution in [3.8, 4) is 0 Å². The van der Waals surface area contributed by atoms with Gasteiger partial charge in [-0.15, -0.1) is 0 Å². The van der Waals surface area contributed by atoms with Gasteiger partial charge in [-0.25, -0.2) is 0 Å². The molecule has 2 atom stereocenters. The lowest BCUT2D eigenvalue weighted by Crippen LogP contribution is -2.52. The van der Waals surface area contributed by atoms with Gasteiger partial charge in [-0.1, -0.05) is 43.0 Å². The fourth-order valence-corrected chi connectivity index (χ4v) is 4.94. The maximum Gasteiger partial charge on any atom is 0.245 e. The van der Waals surface area contributed by atoms with Crippen LogP contribution in [0.15, 0.2) is 24.3 Å². The summed E-state index contributed by atoms with van der Waals surface area (Å²) in [6, 6.07) is 7.31. The van der Waals surface area contributed by atoms with Crippen LogP contribution in [0.3, 0.4) is 0 Å². The smallest absolute Gasteiger partial charge is 0.245 e. The number of hydrogen-bond acceptors (Lipinski definition) is 3. The number of morpholine rings is 1. The van der Waals surface area contributed by atoms with Crippen LogP contribution < -0.4 is 0 Å². The van der Waals surface area contributed by atoms with Gasteiger partial charge in [-0.3, -0.25) is 9.59 Å². The van der Waals surface area contributed by atoms with Gasteiger partial charge in [0.2, 0.25) is 11.8 Å². The third-order valence-corrected chi connectivity index (χ3v) is 6.65. The molecule has 1 aromatic rings. The largest absolute Gasteiger partial charge is 0.370 e. The normalized spacial score (nSPS) is 26.5. The van der Waals surface area contributed by atoms with E-state index in [-0.39, 0.29) is 29.9 Å². The molecule has 1 aromatic carbocycles. The van der Waals surface area contributed by atoms with Gasteiger partial charge in [-0.05, 0) is 43.4 Å². The summed E-state index contributed by atoms with van der Waals surface area (Å²) in [7, 11) is 0. The molecule has 2 aliphatic heterocycles. The molecule has 4 rings (SSSR count). The van der Waals surface area contributed by atoms with Crippen LogP contribution in [-0.4, -0.2) is 53.9 Å². The molecule has 0 aromatic heterocycles. The van der Waals surface area contributed by atoms with Crippen molar-refractivity contribution in [2.45, 2.75) is 57.1 Å². The Morgan fingerprint density at radius 3 is 2.43 bits per heavy atom. The first-order chi connectivity index (χ1) is 13.6. The van der Waals surface area contributed by atoms with E-state index in [1.807, 2.05) is 34.1 Å². The summed E-state index contributed by atoms with van der Waals surface area (Å²) in [5, 5.41) is 0.690. The molecule has 5 nitrogen and oxygen atoms in total. The van der Waals surface area contributed by atoms with E-state index in [4.69, 9.17) is 16.3 Å². The van der Waals surface area contributed by atoms with E-state index in [0.717, 1.165) is 50.6 Å². The van der Waals surface area contributed by atoms with Gasteiger partial charge < -0.3 is 14.5 Å². The predicted octanol–water partition coefficient (Wildman–Crippen LogP) is 3.81. The molecule has 2 unspecified atom stereocenters. The first-order valence-electron chi connectivity index (χ1n) is 10.6. The number of benzene rings is 1. The van der Waals surface area contributed by atoms with Crippen molar-refractivity contribution >= 4 is 23.4 Å². The summed E-state index contributed by atoms with van der Waals surface area (Å²) in [5.74, 6) is 0.413. The summed E-state index contributed by atoms with van der Waals surface area (Å²) in [6.45, 7) is 2.35. The zero-order valence-corrected chi connectivity index (χ0v) is 17.1. The lowest BCUT2D eigenvalue weighted by atomic mass is 9.88. The second-order valence-corrected chi connectivity index (χ2v) is 8.66. The topological polar surface area (TPSA) is 49.9 Å². The van der Waals surface area contributed by atoms with Crippen LogP contribution in [0.5, 0.6) is 0 Å². The molecule has 0 N–H and O–H groups in total. The zero-order chi connectivity index (χ0) is 19.5. The summed E-state index contributed by atoms with van der Waals surface area (Å²) in [6.07, 6.45) is 7.01. The third-order valence-electron chi connectivity index (χ3n) is 6.40. The number of carbonyl (C=O) groups excluding carboxylic acids is 2. The fraction of sp³-hybridized carbons (Fsp3) is 0.636. The van der Waals surface area contributed by atoms with Crippen molar-refractivity contribution in [1.82, 2.24) is 9.80 Å². The van der Waals surface area contributed by atoms with E-state index in [1.54, 1.807) is 0 Å². The summed E-state index contributed by atoms with van der Waals surface area (Å²) in [4.78, 5) is 30.1. The minimum Gasteiger partial charge on any atom is -0.370 e. The maximum atomic E-state index is 13.3. The predicted molar refractivity (Wildman–Crippen MR) is 108 cm³/mol. The second kappa shape index (κ2) is 8.83. The molecule has 28 heavy (non-hydrogen) atoms. The van der Waals surface area contributed by atoms with Crippen molar-refractivity contribution in [1.29, 1.82) is 0 Å². The first-order valence-corrected chi connectivity index (χ1v) is 11.0. The number of hydrogen-bond donors (Lipinski definition) is 0. The number of ether oxygens (including phenoxy) is 1. The van der Waals surface area contributed by atoms with Crippen LogP contribution in [-0.2, 0) is 14.3 Å². The van der Waals surface area contributed by atoms with E-state index >= 15 is 0 Å². The molecule has 2 heterocycles. The highest BCUT2D eigenvalue weighted by atomic mass is 35.5. The number of amides is 2. The average molecular weight is 405 g/mol. The second-order valence-electron chi connectivity index (χ2n) is 8.22. The molecular weight excluding hydrogens is 376 g/mol. The van der Waals surface area contributed by atoms with Crippen LogP contribution in [0.1, 0.15) is 56.6 Å². The summed E-state index contributed by atoms with van der Waals surface area (Å²) >= 11 is 5.98. The minimum atomic E-state index is -0.293. The van der Waals surface area contributed by atoms with Crippen LogP contribution in [0.4, 0.5) is 0 Å². The van der Waals surface area contributed by atoms with Gasteiger partial charge in [0.05, 0.1) is 13.2 Å². The van der Waals surface area contributed by atoms with Gasteiger partial charge in [0.15, 0.2) is 0 Å². The highest BCUT2D eigenvalue weighted by Crippen LogP contribution is 2.30. The number of halogens is 1.